The Labute approximate surface area is 142 Å². The van der Waals surface area contributed by atoms with E-state index in [2.05, 4.69) is 10.7 Å². The lowest BCUT2D eigenvalue weighted by atomic mass is 10.1. The maximum absolute atomic E-state index is 12.3. The van der Waals surface area contributed by atoms with E-state index < -0.39 is 5.97 Å². The van der Waals surface area contributed by atoms with Crippen molar-refractivity contribution in [3.05, 3.63) is 35.3 Å². The van der Waals surface area contributed by atoms with Crippen LogP contribution in [0.5, 0.6) is 0 Å². The lowest BCUT2D eigenvalue weighted by molar-refractivity contribution is -0.147. The van der Waals surface area contributed by atoms with Crippen LogP contribution >= 0.6 is 0 Å². The predicted octanol–water partition coefficient (Wildman–Crippen LogP) is 2.81. The van der Waals surface area contributed by atoms with Gasteiger partial charge in [0.1, 0.15) is 18.1 Å². The molecule has 0 bridgehead atoms. The highest BCUT2D eigenvalue weighted by atomic mass is 16.5. The Kier molecular flexibility index (Phi) is 5.18. The molecule has 1 aromatic rings. The van der Waals surface area contributed by atoms with E-state index in [-0.39, 0.29) is 29.8 Å². The SMILES string of the molecule is C#CCc1cc(COC(=O)C2C(/C=C/C(=O)OC)C2(C)C)c(C)o1. The number of carbonyl (C=O) groups excluding carboxylic acids is 2. The zero-order valence-electron chi connectivity index (χ0n) is 14.4. The summed E-state index contributed by atoms with van der Waals surface area (Å²) < 4.78 is 15.5. The molecule has 0 spiro atoms. The third kappa shape index (κ3) is 3.70. The van der Waals surface area contributed by atoms with Crippen LogP contribution in [0.3, 0.4) is 0 Å². The Hall–Kier alpha value is -2.48. The second-order valence-electron chi connectivity index (χ2n) is 6.49. The fourth-order valence-electron chi connectivity index (χ4n) is 2.89. The summed E-state index contributed by atoms with van der Waals surface area (Å²) >= 11 is 0. The van der Waals surface area contributed by atoms with Gasteiger partial charge in [-0.05, 0) is 24.3 Å². The van der Waals surface area contributed by atoms with Crippen molar-refractivity contribution in [2.24, 2.45) is 17.3 Å². The van der Waals surface area contributed by atoms with Gasteiger partial charge in [0.25, 0.3) is 0 Å². The Morgan fingerprint density at radius 3 is 2.79 bits per heavy atom. The molecule has 1 saturated carbocycles. The van der Waals surface area contributed by atoms with Crippen molar-refractivity contribution in [1.82, 2.24) is 0 Å². The van der Waals surface area contributed by atoms with Crippen molar-refractivity contribution in [3.8, 4) is 12.3 Å². The maximum Gasteiger partial charge on any atom is 0.330 e. The highest BCUT2D eigenvalue weighted by molar-refractivity contribution is 5.83. The quantitative estimate of drug-likeness (QED) is 0.456. The minimum atomic E-state index is -0.431. The lowest BCUT2D eigenvalue weighted by Gasteiger charge is -2.04. The Balaban J connectivity index is 1.94. The van der Waals surface area contributed by atoms with Crippen LogP contribution in [-0.4, -0.2) is 19.0 Å². The van der Waals surface area contributed by atoms with Crippen LogP contribution in [0.1, 0.15) is 30.9 Å². The topological polar surface area (TPSA) is 65.7 Å². The van der Waals surface area contributed by atoms with Gasteiger partial charge in [-0.1, -0.05) is 25.8 Å². The van der Waals surface area contributed by atoms with E-state index >= 15 is 0 Å². The molecule has 1 aromatic heterocycles. The minimum Gasteiger partial charge on any atom is -0.466 e. The molecule has 2 rings (SSSR count). The van der Waals surface area contributed by atoms with Gasteiger partial charge in [-0.3, -0.25) is 4.79 Å². The molecule has 2 unspecified atom stereocenters. The van der Waals surface area contributed by atoms with E-state index in [9.17, 15) is 9.59 Å². The van der Waals surface area contributed by atoms with Gasteiger partial charge in [0.05, 0.1) is 19.4 Å². The van der Waals surface area contributed by atoms with Crippen molar-refractivity contribution < 1.29 is 23.5 Å². The summed E-state index contributed by atoms with van der Waals surface area (Å²) in [6, 6.07) is 1.81. The predicted molar refractivity (Wildman–Crippen MR) is 87.7 cm³/mol. The number of carbonyl (C=O) groups is 2. The van der Waals surface area contributed by atoms with Crippen LogP contribution < -0.4 is 0 Å². The van der Waals surface area contributed by atoms with Crippen LogP contribution in [0.15, 0.2) is 22.6 Å². The molecule has 0 N–H and O–H groups in total. The molecular formula is C19H22O5. The number of hydrogen-bond donors (Lipinski definition) is 0. The smallest absolute Gasteiger partial charge is 0.330 e. The van der Waals surface area contributed by atoms with Gasteiger partial charge in [0.2, 0.25) is 0 Å². The van der Waals surface area contributed by atoms with Gasteiger partial charge < -0.3 is 13.9 Å². The number of terminal acetylenes is 1. The summed E-state index contributed by atoms with van der Waals surface area (Å²) in [6.45, 7) is 5.91. The average molecular weight is 330 g/mol. The molecule has 1 heterocycles. The Morgan fingerprint density at radius 1 is 1.46 bits per heavy atom. The number of rotatable bonds is 6. The highest BCUT2D eigenvalue weighted by Gasteiger charge is 2.61. The van der Waals surface area contributed by atoms with Crippen LogP contribution in [0, 0.1) is 36.5 Å². The van der Waals surface area contributed by atoms with Crippen molar-refractivity contribution in [1.29, 1.82) is 0 Å². The van der Waals surface area contributed by atoms with E-state index in [0.717, 1.165) is 5.56 Å². The largest absolute Gasteiger partial charge is 0.466 e. The monoisotopic (exact) mass is 330 g/mol. The van der Waals surface area contributed by atoms with E-state index in [4.69, 9.17) is 15.6 Å². The molecule has 0 amide bonds. The summed E-state index contributed by atoms with van der Waals surface area (Å²) in [4.78, 5) is 23.5. The van der Waals surface area contributed by atoms with E-state index in [0.29, 0.717) is 17.9 Å². The summed E-state index contributed by atoms with van der Waals surface area (Å²) in [5.74, 6) is 2.89. The van der Waals surface area contributed by atoms with Crippen LogP contribution in [0.4, 0.5) is 0 Å². The number of furan rings is 1. The average Bonchev–Trinajstić information content (AvgIpc) is 2.89. The molecule has 24 heavy (non-hydrogen) atoms. The summed E-state index contributed by atoms with van der Waals surface area (Å²) in [6.07, 6.45) is 8.74. The maximum atomic E-state index is 12.3. The van der Waals surface area contributed by atoms with Gasteiger partial charge >= 0.3 is 11.9 Å². The molecule has 0 aliphatic heterocycles. The lowest BCUT2D eigenvalue weighted by Crippen LogP contribution is -2.10. The Bertz CT molecular complexity index is 702. The second-order valence-corrected chi connectivity index (χ2v) is 6.49. The first-order valence-electron chi connectivity index (χ1n) is 7.75. The molecule has 5 heteroatoms. The van der Waals surface area contributed by atoms with Crippen molar-refractivity contribution in [2.75, 3.05) is 7.11 Å². The van der Waals surface area contributed by atoms with Crippen molar-refractivity contribution in [3.63, 3.8) is 0 Å². The van der Waals surface area contributed by atoms with E-state index in [1.165, 1.54) is 13.2 Å². The molecule has 128 valence electrons. The van der Waals surface area contributed by atoms with Gasteiger partial charge in [-0.15, -0.1) is 6.42 Å². The molecule has 2 atom stereocenters. The molecular weight excluding hydrogens is 308 g/mol. The normalized spacial score (nSPS) is 21.3. The van der Waals surface area contributed by atoms with E-state index in [1.807, 2.05) is 26.8 Å². The van der Waals surface area contributed by atoms with Gasteiger partial charge in [-0.25, -0.2) is 4.79 Å². The zero-order chi connectivity index (χ0) is 17.9. The first-order chi connectivity index (χ1) is 11.3. The molecule has 0 radical (unpaired) electrons. The van der Waals surface area contributed by atoms with Crippen molar-refractivity contribution >= 4 is 11.9 Å². The van der Waals surface area contributed by atoms with Crippen molar-refractivity contribution in [2.45, 2.75) is 33.8 Å². The fraction of sp³-hybridized carbons (Fsp3) is 0.474. The summed E-state index contributed by atoms with van der Waals surface area (Å²) in [5, 5.41) is 0. The van der Waals surface area contributed by atoms with Crippen LogP contribution in [0.2, 0.25) is 0 Å². The van der Waals surface area contributed by atoms with E-state index in [1.54, 1.807) is 6.08 Å². The highest BCUT2D eigenvalue weighted by Crippen LogP contribution is 2.59. The minimum absolute atomic E-state index is 0.0356. The standard InChI is InChI=1S/C19H22O5/c1-6-7-14-10-13(12(2)24-14)11-23-18(21)17-15(19(17,3)4)8-9-16(20)22-5/h1,8-10,15,17H,7,11H2,2-5H3/b9-8+. The molecule has 1 aliphatic carbocycles. The number of esters is 2. The second kappa shape index (κ2) is 6.96. The molecule has 0 aromatic carbocycles. The fourth-order valence-corrected chi connectivity index (χ4v) is 2.89. The molecule has 1 fully saturated rings. The van der Waals surface area contributed by atoms with Gasteiger partial charge in [-0.2, -0.15) is 0 Å². The van der Waals surface area contributed by atoms with Crippen LogP contribution in [0.25, 0.3) is 0 Å². The third-order valence-corrected chi connectivity index (χ3v) is 4.52. The third-order valence-electron chi connectivity index (χ3n) is 4.52. The van der Waals surface area contributed by atoms with Gasteiger partial charge in [0, 0.05) is 11.6 Å². The molecule has 0 saturated heterocycles. The number of hydrogen-bond acceptors (Lipinski definition) is 5. The number of methoxy groups -OCH3 is 1. The zero-order valence-corrected chi connectivity index (χ0v) is 14.4. The number of allylic oxidation sites excluding steroid dienone is 1. The summed E-state index contributed by atoms with van der Waals surface area (Å²) in [7, 11) is 1.32. The number of ether oxygens (including phenoxy) is 2. The van der Waals surface area contributed by atoms with Gasteiger partial charge in [0.15, 0.2) is 0 Å². The summed E-state index contributed by atoms with van der Waals surface area (Å²) in [5.41, 5.74) is 0.579. The molecule has 5 nitrogen and oxygen atoms in total. The first-order valence-corrected chi connectivity index (χ1v) is 7.75. The van der Waals surface area contributed by atoms with Crippen LogP contribution in [-0.2, 0) is 32.1 Å². The first kappa shape index (κ1) is 17.9. The Morgan fingerprint density at radius 2 is 2.17 bits per heavy atom. The molecule has 1 aliphatic rings. The number of aryl methyl sites for hydroxylation is 1.